The van der Waals surface area contributed by atoms with E-state index in [1.54, 1.807) is 12.1 Å². The molecule has 0 spiro atoms. The molecule has 3 rings (SSSR count). The minimum atomic E-state index is -3.95. The highest BCUT2D eigenvalue weighted by molar-refractivity contribution is 7.90. The van der Waals surface area contributed by atoms with Crippen molar-refractivity contribution in [2.45, 2.75) is 32.1 Å². The molecule has 0 aliphatic rings. The molecule has 1 aromatic heterocycles. The lowest BCUT2D eigenvalue weighted by atomic mass is 10.1. The standard InChI is InChI=1S/C20H20N2O3S2/c1-13-7-14(2)9-16(8-13)10-19(23)22-27(24,25)18-6-4-5-17(11-18)20-21-15(3)12-26-20/h4-9,11-12H,10H2,1-3H3,(H,22,23). The van der Waals surface area contributed by atoms with Crippen molar-refractivity contribution >= 4 is 27.3 Å². The number of aromatic nitrogens is 1. The van der Waals surface area contributed by atoms with Gasteiger partial charge in [-0.3, -0.25) is 4.79 Å². The number of sulfonamides is 1. The summed E-state index contributed by atoms with van der Waals surface area (Å²) in [6.45, 7) is 5.77. The molecule has 0 saturated carbocycles. The summed E-state index contributed by atoms with van der Waals surface area (Å²) in [4.78, 5) is 16.7. The van der Waals surface area contributed by atoms with E-state index in [1.165, 1.54) is 23.5 Å². The Morgan fingerprint density at radius 2 is 1.78 bits per heavy atom. The Morgan fingerprint density at radius 3 is 2.41 bits per heavy atom. The maximum Gasteiger partial charge on any atom is 0.264 e. The first-order valence-corrected chi connectivity index (χ1v) is 10.7. The monoisotopic (exact) mass is 400 g/mol. The van der Waals surface area contributed by atoms with Gasteiger partial charge in [0.15, 0.2) is 0 Å². The van der Waals surface area contributed by atoms with Crippen LogP contribution in [0.15, 0.2) is 52.7 Å². The summed E-state index contributed by atoms with van der Waals surface area (Å²) in [6, 6.07) is 12.2. The van der Waals surface area contributed by atoms with Gasteiger partial charge >= 0.3 is 0 Å². The lowest BCUT2D eigenvalue weighted by Crippen LogP contribution is -2.31. The normalized spacial score (nSPS) is 11.4. The summed E-state index contributed by atoms with van der Waals surface area (Å²) >= 11 is 1.45. The maximum absolute atomic E-state index is 12.6. The number of hydrogen-bond acceptors (Lipinski definition) is 5. The number of thiazole rings is 1. The number of carbonyl (C=O) groups excluding carboxylic acids is 1. The van der Waals surface area contributed by atoms with Crippen LogP contribution >= 0.6 is 11.3 Å². The highest BCUT2D eigenvalue weighted by Gasteiger charge is 2.19. The molecule has 0 saturated heterocycles. The van der Waals surface area contributed by atoms with E-state index in [0.29, 0.717) is 5.56 Å². The molecule has 0 bridgehead atoms. The third kappa shape index (κ3) is 4.81. The molecule has 2 aromatic carbocycles. The fourth-order valence-electron chi connectivity index (χ4n) is 2.88. The van der Waals surface area contributed by atoms with Gasteiger partial charge in [-0.2, -0.15) is 0 Å². The van der Waals surface area contributed by atoms with Gasteiger partial charge < -0.3 is 0 Å². The van der Waals surface area contributed by atoms with Crippen LogP contribution in [0.5, 0.6) is 0 Å². The van der Waals surface area contributed by atoms with Gasteiger partial charge in [0.25, 0.3) is 10.0 Å². The average molecular weight is 401 g/mol. The molecule has 0 unspecified atom stereocenters. The minimum Gasteiger partial charge on any atom is -0.274 e. The third-order valence-corrected chi connectivity index (χ3v) is 6.28. The van der Waals surface area contributed by atoms with Crippen molar-refractivity contribution in [2.75, 3.05) is 0 Å². The van der Waals surface area contributed by atoms with E-state index >= 15 is 0 Å². The molecule has 0 aliphatic carbocycles. The van der Waals surface area contributed by atoms with E-state index in [0.717, 1.165) is 27.4 Å². The van der Waals surface area contributed by atoms with Crippen molar-refractivity contribution in [3.05, 3.63) is 70.2 Å². The van der Waals surface area contributed by atoms with Gasteiger partial charge in [-0.15, -0.1) is 11.3 Å². The Balaban J connectivity index is 1.79. The Morgan fingerprint density at radius 1 is 1.07 bits per heavy atom. The number of aryl methyl sites for hydroxylation is 3. The highest BCUT2D eigenvalue weighted by atomic mass is 32.2. The van der Waals surface area contributed by atoms with Gasteiger partial charge in [-0.05, 0) is 38.5 Å². The molecule has 0 fully saturated rings. The van der Waals surface area contributed by atoms with Crippen LogP contribution in [-0.4, -0.2) is 19.3 Å². The summed E-state index contributed by atoms with van der Waals surface area (Å²) in [5.74, 6) is -0.560. The van der Waals surface area contributed by atoms with Crippen molar-refractivity contribution in [1.29, 1.82) is 0 Å². The zero-order valence-electron chi connectivity index (χ0n) is 15.3. The van der Waals surface area contributed by atoms with E-state index in [2.05, 4.69) is 9.71 Å². The summed E-state index contributed by atoms with van der Waals surface area (Å²) in [6.07, 6.45) is 0.00706. The number of hydrogen-bond donors (Lipinski definition) is 1. The molecule has 3 aromatic rings. The molecule has 1 N–H and O–H groups in total. The number of nitrogens with one attached hydrogen (secondary N) is 1. The van der Waals surface area contributed by atoms with Crippen LogP contribution in [-0.2, 0) is 21.2 Å². The first kappa shape index (κ1) is 19.3. The molecule has 140 valence electrons. The Hall–Kier alpha value is -2.51. The predicted molar refractivity (Wildman–Crippen MR) is 107 cm³/mol. The Bertz CT molecular complexity index is 1080. The van der Waals surface area contributed by atoms with Crippen molar-refractivity contribution in [3.63, 3.8) is 0 Å². The topological polar surface area (TPSA) is 76.1 Å². The van der Waals surface area contributed by atoms with Gasteiger partial charge in [0, 0.05) is 16.6 Å². The minimum absolute atomic E-state index is 0.00706. The molecule has 1 heterocycles. The fourth-order valence-corrected chi connectivity index (χ4v) is 4.71. The van der Waals surface area contributed by atoms with Gasteiger partial charge in [-0.1, -0.05) is 41.5 Å². The van der Waals surface area contributed by atoms with Gasteiger partial charge in [-0.25, -0.2) is 18.1 Å². The van der Waals surface area contributed by atoms with E-state index in [1.807, 2.05) is 44.4 Å². The van der Waals surface area contributed by atoms with Crippen LogP contribution in [0.1, 0.15) is 22.4 Å². The summed E-state index contributed by atoms with van der Waals surface area (Å²) in [5, 5.41) is 2.65. The third-order valence-electron chi connectivity index (χ3n) is 3.90. The molecule has 0 radical (unpaired) electrons. The van der Waals surface area contributed by atoms with Gasteiger partial charge in [0.05, 0.1) is 11.3 Å². The number of rotatable bonds is 5. The smallest absolute Gasteiger partial charge is 0.264 e. The largest absolute Gasteiger partial charge is 0.274 e. The number of nitrogens with zero attached hydrogens (tertiary/aromatic N) is 1. The maximum atomic E-state index is 12.6. The van der Waals surface area contributed by atoms with Crippen LogP contribution in [0.4, 0.5) is 0 Å². The molecule has 0 atom stereocenters. The van der Waals surface area contributed by atoms with Crippen LogP contribution < -0.4 is 4.72 Å². The first-order valence-electron chi connectivity index (χ1n) is 8.38. The Kier molecular flexibility index (Phi) is 5.43. The van der Waals surface area contributed by atoms with Gasteiger partial charge in [0.1, 0.15) is 5.01 Å². The second-order valence-corrected chi connectivity index (χ2v) is 9.06. The van der Waals surface area contributed by atoms with Crippen LogP contribution in [0.25, 0.3) is 10.6 Å². The SMILES string of the molecule is Cc1cc(C)cc(CC(=O)NS(=O)(=O)c2cccc(-c3nc(C)cs3)c2)c1. The van der Waals surface area contributed by atoms with Crippen LogP contribution in [0.3, 0.4) is 0 Å². The van der Waals surface area contributed by atoms with Crippen molar-refractivity contribution in [3.8, 4) is 10.6 Å². The zero-order valence-corrected chi connectivity index (χ0v) is 16.9. The number of amides is 1. The number of benzene rings is 2. The molecule has 7 heteroatoms. The first-order chi connectivity index (χ1) is 12.7. The van der Waals surface area contributed by atoms with E-state index in [9.17, 15) is 13.2 Å². The molecular formula is C20H20N2O3S2. The average Bonchev–Trinajstić information content (AvgIpc) is 3.00. The predicted octanol–water partition coefficient (Wildman–Crippen LogP) is 3.78. The van der Waals surface area contributed by atoms with E-state index in [-0.39, 0.29) is 11.3 Å². The summed E-state index contributed by atoms with van der Waals surface area (Å²) in [5.41, 5.74) is 4.44. The molecule has 5 nitrogen and oxygen atoms in total. The lowest BCUT2D eigenvalue weighted by Gasteiger charge is -2.09. The lowest BCUT2D eigenvalue weighted by molar-refractivity contribution is -0.118. The molecule has 0 aliphatic heterocycles. The summed E-state index contributed by atoms with van der Waals surface area (Å²) in [7, 11) is -3.95. The number of carbonyl (C=O) groups is 1. The van der Waals surface area contributed by atoms with Gasteiger partial charge in [0.2, 0.25) is 5.91 Å². The molecular weight excluding hydrogens is 380 g/mol. The second kappa shape index (κ2) is 7.62. The van der Waals surface area contributed by atoms with Crippen molar-refractivity contribution in [2.24, 2.45) is 0 Å². The van der Waals surface area contributed by atoms with Crippen molar-refractivity contribution in [1.82, 2.24) is 9.71 Å². The molecule has 1 amide bonds. The zero-order chi connectivity index (χ0) is 19.6. The highest BCUT2D eigenvalue weighted by Crippen LogP contribution is 2.25. The van der Waals surface area contributed by atoms with Crippen LogP contribution in [0.2, 0.25) is 0 Å². The quantitative estimate of drug-likeness (QED) is 0.707. The summed E-state index contributed by atoms with van der Waals surface area (Å²) < 4.78 is 27.4. The second-order valence-electron chi connectivity index (χ2n) is 6.52. The Labute approximate surface area is 163 Å². The fraction of sp³-hybridized carbons (Fsp3) is 0.200. The van der Waals surface area contributed by atoms with E-state index < -0.39 is 15.9 Å². The van der Waals surface area contributed by atoms with Crippen LogP contribution in [0, 0.1) is 20.8 Å². The van der Waals surface area contributed by atoms with Crippen molar-refractivity contribution < 1.29 is 13.2 Å². The van der Waals surface area contributed by atoms with E-state index in [4.69, 9.17) is 0 Å². The molecule has 27 heavy (non-hydrogen) atoms.